The summed E-state index contributed by atoms with van der Waals surface area (Å²) in [6.45, 7) is -1.10. The molecule has 5 N–H and O–H groups in total. The second kappa shape index (κ2) is 16.4. The van der Waals surface area contributed by atoms with Crippen molar-refractivity contribution in [2.24, 2.45) is 15.3 Å². The standard InChI is InChI=1S/C22H18N4O18S5.K.Na/c27-21-18(24-23-14-6-4-11(10-17(14)47(35,36)37)45(30,31)9-8-44-49(41,42)43)19(22(28)29)25-26(21)15-7-5-12-13(20(15)48(38,39)40)2-1-3-16(12)46(32,33)34;;/h1-7,10,18H,8-9H2,(H,28,29)(H,32,33,34)(H,35,36,37)(H,38,39,40)(H,41,42,43);;. The van der Waals surface area contributed by atoms with E-state index in [0.717, 1.165) is 30.3 Å². The number of rotatable bonds is 12. The number of carboxylic acid groups (broad SMARTS) is 1. The summed E-state index contributed by atoms with van der Waals surface area (Å²) in [4.78, 5) is 21.3. The third-order valence-corrected chi connectivity index (χ3v) is 11.2. The van der Waals surface area contributed by atoms with Gasteiger partial charge in [-0.2, -0.15) is 54.0 Å². The van der Waals surface area contributed by atoms with Crippen molar-refractivity contribution in [3.63, 3.8) is 0 Å². The predicted molar refractivity (Wildman–Crippen MR) is 172 cm³/mol. The third-order valence-electron chi connectivity index (χ3n) is 6.28. The van der Waals surface area contributed by atoms with Gasteiger partial charge in [0.15, 0.2) is 15.5 Å². The van der Waals surface area contributed by atoms with Crippen LogP contribution in [-0.4, -0.2) is 182 Å². The van der Waals surface area contributed by atoms with E-state index in [0.29, 0.717) is 18.2 Å². The quantitative estimate of drug-likeness (QED) is 0.0859. The number of fused-ring (bicyclic) bond motifs is 1. The number of benzene rings is 3. The Morgan fingerprint density at radius 1 is 0.824 bits per heavy atom. The fraction of sp³-hybridized carbons (Fsp3) is 0.136. The maximum absolute atomic E-state index is 13.4. The second-order valence-corrected chi connectivity index (χ2v) is 16.8. The average molecular weight is 849 g/mol. The molecule has 0 fully saturated rings. The Bertz CT molecular complexity index is 2560. The van der Waals surface area contributed by atoms with Crippen LogP contribution in [0.2, 0.25) is 0 Å². The molecule has 3 aromatic rings. The number of azo groups is 1. The van der Waals surface area contributed by atoms with E-state index < -0.39 is 128 Å². The summed E-state index contributed by atoms with van der Waals surface area (Å²) in [7, 11) is -25.2. The van der Waals surface area contributed by atoms with Crippen molar-refractivity contribution >= 4 is 171 Å². The van der Waals surface area contributed by atoms with Gasteiger partial charge < -0.3 is 5.11 Å². The summed E-state index contributed by atoms with van der Waals surface area (Å²) in [5.41, 5.74) is -2.84. The Labute approximate surface area is 352 Å². The number of amides is 1. The average Bonchev–Trinajstić information content (AvgIpc) is 3.28. The van der Waals surface area contributed by atoms with Crippen molar-refractivity contribution in [1.82, 2.24) is 0 Å². The molecule has 29 heteroatoms. The van der Waals surface area contributed by atoms with Gasteiger partial charge in [0.1, 0.15) is 20.4 Å². The first-order valence-electron chi connectivity index (χ1n) is 12.4. The van der Waals surface area contributed by atoms with Crippen LogP contribution in [0.15, 0.2) is 83.4 Å². The van der Waals surface area contributed by atoms with Crippen molar-refractivity contribution < 1.29 is 79.2 Å². The van der Waals surface area contributed by atoms with Crippen molar-refractivity contribution in [2.45, 2.75) is 25.6 Å². The fourth-order valence-corrected chi connectivity index (χ4v) is 8.11. The molecule has 0 aliphatic carbocycles. The van der Waals surface area contributed by atoms with Crippen LogP contribution in [-0.2, 0) is 64.4 Å². The molecule has 1 amide bonds. The maximum atomic E-state index is 13.4. The molecule has 0 bridgehead atoms. The maximum Gasteiger partial charge on any atom is 0.397 e. The van der Waals surface area contributed by atoms with Gasteiger partial charge in [0.2, 0.25) is 6.04 Å². The number of carboxylic acids is 1. The van der Waals surface area contributed by atoms with Gasteiger partial charge in [-0.25, -0.2) is 17.4 Å². The molecule has 51 heavy (non-hydrogen) atoms. The summed E-state index contributed by atoms with van der Waals surface area (Å²) in [6, 6.07) is 3.94. The van der Waals surface area contributed by atoms with Crippen LogP contribution in [0.25, 0.3) is 10.8 Å². The summed E-state index contributed by atoms with van der Waals surface area (Å²) >= 11 is 0. The number of carbonyl (C=O) groups excluding carboxylic acids is 1. The summed E-state index contributed by atoms with van der Waals surface area (Å²) in [5, 5.41) is 19.3. The molecule has 2 radical (unpaired) electrons. The Hall–Kier alpha value is -1.68. The SMILES string of the molecule is O=C(O)C1=NN(c2ccc3c(S(=O)(=O)O)cccc3c2S(=O)(=O)O)C(=O)C1N=Nc1ccc(S(=O)(=O)CCOS(=O)(=O)O)cc1S(=O)(=O)O.[K].[Na]. The Kier molecular flexibility index (Phi) is 14.6. The van der Waals surface area contributed by atoms with Gasteiger partial charge in [-0.05, 0) is 30.3 Å². The van der Waals surface area contributed by atoms with Gasteiger partial charge in [-0.1, -0.05) is 18.2 Å². The van der Waals surface area contributed by atoms with Crippen LogP contribution in [0.3, 0.4) is 0 Å². The van der Waals surface area contributed by atoms with E-state index in [4.69, 9.17) is 4.55 Å². The van der Waals surface area contributed by atoms with Crippen molar-refractivity contribution in [1.29, 1.82) is 0 Å². The van der Waals surface area contributed by atoms with E-state index in [-0.39, 0.29) is 86.0 Å². The second-order valence-electron chi connectivity index (χ2n) is 9.45. The van der Waals surface area contributed by atoms with E-state index in [9.17, 15) is 70.4 Å². The molecule has 1 aliphatic heterocycles. The molecule has 0 aromatic heterocycles. The third kappa shape index (κ3) is 10.5. The zero-order valence-electron chi connectivity index (χ0n) is 25.5. The van der Waals surface area contributed by atoms with Crippen LogP contribution < -0.4 is 5.01 Å². The number of sulfone groups is 1. The van der Waals surface area contributed by atoms with Crippen molar-refractivity contribution in [3.8, 4) is 0 Å². The first-order chi connectivity index (χ1) is 22.3. The van der Waals surface area contributed by atoms with Gasteiger partial charge in [-0.3, -0.25) is 23.0 Å². The first kappa shape index (κ1) is 45.5. The van der Waals surface area contributed by atoms with Crippen LogP contribution in [0.5, 0.6) is 0 Å². The van der Waals surface area contributed by atoms with Crippen LogP contribution in [0.4, 0.5) is 11.4 Å². The zero-order chi connectivity index (χ0) is 36.9. The van der Waals surface area contributed by atoms with E-state index in [2.05, 4.69) is 19.5 Å². The molecule has 1 heterocycles. The number of nitrogens with zero attached hydrogens (tertiary/aromatic N) is 4. The molecule has 266 valence electrons. The molecule has 1 atom stereocenters. The largest absolute Gasteiger partial charge is 0.477 e. The van der Waals surface area contributed by atoms with Gasteiger partial charge >= 0.3 is 16.4 Å². The number of aliphatic carboxylic acids is 1. The molecule has 0 saturated heterocycles. The van der Waals surface area contributed by atoms with Gasteiger partial charge in [0, 0.05) is 91.7 Å². The molecular weight excluding hydrogens is 831 g/mol. The fourth-order valence-electron chi connectivity index (χ4n) is 4.30. The van der Waals surface area contributed by atoms with E-state index >= 15 is 0 Å². The van der Waals surface area contributed by atoms with Gasteiger partial charge in [-0.15, -0.1) is 0 Å². The topological polar surface area (TPSA) is 356 Å². The summed E-state index contributed by atoms with van der Waals surface area (Å²) in [6.07, 6.45) is 0. The van der Waals surface area contributed by atoms with Crippen LogP contribution in [0, 0.1) is 0 Å². The molecule has 22 nitrogen and oxygen atoms in total. The molecule has 4 rings (SSSR count). The zero-order valence-corrected chi connectivity index (χ0v) is 34.7. The van der Waals surface area contributed by atoms with Crippen LogP contribution >= 0.6 is 0 Å². The molecule has 0 spiro atoms. The molecule has 1 unspecified atom stereocenters. The number of hydrazone groups is 1. The van der Waals surface area contributed by atoms with Crippen molar-refractivity contribution in [2.75, 3.05) is 17.4 Å². The number of hydrogen-bond acceptors (Lipinski definition) is 16. The number of anilines is 1. The van der Waals surface area contributed by atoms with Gasteiger partial charge in [0.25, 0.3) is 36.3 Å². The molecule has 3 aromatic carbocycles. The normalized spacial score (nSPS) is 15.8. The van der Waals surface area contributed by atoms with Gasteiger partial charge in [0.05, 0.1) is 22.9 Å². The van der Waals surface area contributed by atoms with E-state index in [1.165, 1.54) is 0 Å². The Balaban J connectivity index is 0.00000451. The Morgan fingerprint density at radius 3 is 1.96 bits per heavy atom. The minimum absolute atomic E-state index is 0. The Morgan fingerprint density at radius 2 is 1.43 bits per heavy atom. The molecular formula is C22H18KN4NaO18S5. The number of carbonyl (C=O) groups is 2. The molecule has 1 aliphatic rings. The predicted octanol–water partition coefficient (Wildman–Crippen LogP) is -0.649. The van der Waals surface area contributed by atoms with Crippen molar-refractivity contribution in [3.05, 3.63) is 48.5 Å². The van der Waals surface area contributed by atoms with Crippen LogP contribution in [0.1, 0.15) is 0 Å². The minimum Gasteiger partial charge on any atom is -0.477 e. The smallest absolute Gasteiger partial charge is 0.397 e. The van der Waals surface area contributed by atoms with E-state index in [1.54, 1.807) is 0 Å². The number of hydrogen-bond donors (Lipinski definition) is 5. The summed E-state index contributed by atoms with van der Waals surface area (Å²) < 4.78 is 161. The summed E-state index contributed by atoms with van der Waals surface area (Å²) in [5.74, 6) is -4.52. The molecule has 0 saturated carbocycles. The van der Waals surface area contributed by atoms with E-state index in [1.807, 2.05) is 0 Å². The monoisotopic (exact) mass is 848 g/mol. The first-order valence-corrected chi connectivity index (χ1v) is 19.7. The minimum atomic E-state index is -5.38.